The highest BCUT2D eigenvalue weighted by Crippen LogP contribution is 2.28. The van der Waals surface area contributed by atoms with E-state index >= 15 is 0 Å². The Morgan fingerprint density at radius 1 is 1.29 bits per heavy atom. The maximum absolute atomic E-state index is 4.04. The highest BCUT2D eigenvalue weighted by molar-refractivity contribution is 4.75. The summed E-state index contributed by atoms with van der Waals surface area (Å²) < 4.78 is 2.15. The average molecular weight is 194 g/mol. The summed E-state index contributed by atoms with van der Waals surface area (Å²) in [6, 6.07) is 0. The quantitative estimate of drug-likeness (QED) is 0.678. The molecule has 0 aromatic carbocycles. The van der Waals surface area contributed by atoms with Crippen molar-refractivity contribution in [2.45, 2.75) is 53.0 Å². The fourth-order valence-electron chi connectivity index (χ4n) is 1.96. The molecule has 1 aromatic rings. The lowest BCUT2D eigenvalue weighted by molar-refractivity contribution is 0.289. The van der Waals surface area contributed by atoms with Gasteiger partial charge in [-0.1, -0.05) is 27.2 Å². The molecule has 0 spiro atoms. The molecule has 0 fully saturated rings. The minimum Gasteiger partial charge on any atom is -0.337 e. The van der Waals surface area contributed by atoms with Gasteiger partial charge < -0.3 is 4.57 Å². The van der Waals surface area contributed by atoms with Gasteiger partial charge in [0, 0.05) is 18.9 Å². The minimum absolute atomic E-state index is 0.509. The van der Waals surface area contributed by atoms with Gasteiger partial charge in [0.05, 0.1) is 6.33 Å². The highest BCUT2D eigenvalue weighted by Gasteiger charge is 2.15. The van der Waals surface area contributed by atoms with E-state index in [4.69, 9.17) is 0 Å². The molecule has 0 aliphatic heterocycles. The zero-order valence-electron chi connectivity index (χ0n) is 9.66. The van der Waals surface area contributed by atoms with Crippen molar-refractivity contribution < 1.29 is 0 Å². The Morgan fingerprint density at radius 2 is 2.07 bits per heavy atom. The van der Waals surface area contributed by atoms with E-state index in [0.29, 0.717) is 5.41 Å². The third-order valence-corrected chi connectivity index (χ3v) is 2.76. The molecule has 0 bridgehead atoms. The van der Waals surface area contributed by atoms with Gasteiger partial charge in [-0.25, -0.2) is 4.98 Å². The lowest BCUT2D eigenvalue weighted by Gasteiger charge is -2.23. The van der Waals surface area contributed by atoms with Gasteiger partial charge in [0.25, 0.3) is 0 Å². The number of aryl methyl sites for hydroxylation is 1. The lowest BCUT2D eigenvalue weighted by atomic mass is 9.83. The molecule has 14 heavy (non-hydrogen) atoms. The van der Waals surface area contributed by atoms with Crippen molar-refractivity contribution in [2.75, 3.05) is 0 Å². The maximum atomic E-state index is 4.04. The van der Waals surface area contributed by atoms with Crippen LogP contribution in [0.4, 0.5) is 0 Å². The van der Waals surface area contributed by atoms with Gasteiger partial charge in [-0.3, -0.25) is 0 Å². The Kier molecular flexibility index (Phi) is 4.18. The molecule has 0 N–H and O–H groups in total. The SMILES string of the molecule is CCCC(C)(C)CCCn1ccnc1. The van der Waals surface area contributed by atoms with Gasteiger partial charge in [0.1, 0.15) is 0 Å². The zero-order valence-corrected chi connectivity index (χ0v) is 9.66. The molecule has 0 aliphatic carbocycles. The molecule has 1 heterocycles. The number of aromatic nitrogens is 2. The first-order chi connectivity index (χ1) is 6.64. The van der Waals surface area contributed by atoms with E-state index in [1.807, 2.05) is 18.7 Å². The molecule has 1 rings (SSSR count). The number of hydrogen-bond acceptors (Lipinski definition) is 1. The predicted molar refractivity (Wildman–Crippen MR) is 60.2 cm³/mol. The molecular formula is C12H22N2. The largest absolute Gasteiger partial charge is 0.337 e. The zero-order chi connectivity index (χ0) is 10.4. The van der Waals surface area contributed by atoms with Crippen molar-refractivity contribution in [1.82, 2.24) is 9.55 Å². The molecule has 80 valence electrons. The first kappa shape index (κ1) is 11.3. The molecule has 2 nitrogen and oxygen atoms in total. The summed E-state index contributed by atoms with van der Waals surface area (Å²) in [5.74, 6) is 0. The van der Waals surface area contributed by atoms with Crippen molar-refractivity contribution in [1.29, 1.82) is 0 Å². The molecule has 0 saturated carbocycles. The van der Waals surface area contributed by atoms with Crippen LogP contribution in [0.3, 0.4) is 0 Å². The third-order valence-electron chi connectivity index (χ3n) is 2.76. The summed E-state index contributed by atoms with van der Waals surface area (Å²) >= 11 is 0. The summed E-state index contributed by atoms with van der Waals surface area (Å²) in [5, 5.41) is 0. The van der Waals surface area contributed by atoms with Gasteiger partial charge in [-0.05, 0) is 24.7 Å². The van der Waals surface area contributed by atoms with Crippen LogP contribution >= 0.6 is 0 Å². The molecule has 0 unspecified atom stereocenters. The Morgan fingerprint density at radius 3 is 2.64 bits per heavy atom. The molecule has 1 aromatic heterocycles. The van der Waals surface area contributed by atoms with E-state index in [-0.39, 0.29) is 0 Å². The first-order valence-electron chi connectivity index (χ1n) is 5.60. The van der Waals surface area contributed by atoms with Crippen LogP contribution in [-0.2, 0) is 6.54 Å². The maximum Gasteiger partial charge on any atom is 0.0945 e. The first-order valence-corrected chi connectivity index (χ1v) is 5.60. The summed E-state index contributed by atoms with van der Waals surface area (Å²) in [5.41, 5.74) is 0.509. The molecule has 0 saturated heterocycles. The fraction of sp³-hybridized carbons (Fsp3) is 0.750. The Labute approximate surface area is 87.4 Å². The second-order valence-corrected chi connectivity index (χ2v) is 4.82. The van der Waals surface area contributed by atoms with Crippen molar-refractivity contribution in [3.8, 4) is 0 Å². The van der Waals surface area contributed by atoms with Gasteiger partial charge in [-0.2, -0.15) is 0 Å². The van der Waals surface area contributed by atoms with E-state index in [1.54, 1.807) is 0 Å². The number of hydrogen-bond donors (Lipinski definition) is 0. The van der Waals surface area contributed by atoms with Gasteiger partial charge in [-0.15, -0.1) is 0 Å². The van der Waals surface area contributed by atoms with Crippen LogP contribution in [-0.4, -0.2) is 9.55 Å². The standard InChI is InChI=1S/C12H22N2/c1-4-6-12(2,3)7-5-9-14-10-8-13-11-14/h8,10-11H,4-7,9H2,1-3H3. The molecule has 0 atom stereocenters. The van der Waals surface area contributed by atoms with Crippen LogP contribution in [0, 0.1) is 5.41 Å². The number of imidazole rings is 1. The molecule has 0 radical (unpaired) electrons. The van der Waals surface area contributed by atoms with E-state index in [2.05, 4.69) is 30.3 Å². The Bertz CT molecular complexity index is 237. The fourth-order valence-corrected chi connectivity index (χ4v) is 1.96. The predicted octanol–water partition coefficient (Wildman–Crippen LogP) is 3.49. The van der Waals surface area contributed by atoms with Gasteiger partial charge in [0.15, 0.2) is 0 Å². The van der Waals surface area contributed by atoms with Crippen LogP contribution in [0.15, 0.2) is 18.7 Å². The van der Waals surface area contributed by atoms with Crippen LogP contribution in [0.25, 0.3) is 0 Å². The van der Waals surface area contributed by atoms with E-state index in [1.165, 1.54) is 25.7 Å². The summed E-state index contributed by atoms with van der Waals surface area (Å²) in [7, 11) is 0. The molecule has 0 aliphatic rings. The van der Waals surface area contributed by atoms with Crippen LogP contribution in [0.2, 0.25) is 0 Å². The van der Waals surface area contributed by atoms with Crippen LogP contribution in [0.1, 0.15) is 46.5 Å². The van der Waals surface area contributed by atoms with Crippen LogP contribution < -0.4 is 0 Å². The van der Waals surface area contributed by atoms with Gasteiger partial charge >= 0.3 is 0 Å². The monoisotopic (exact) mass is 194 g/mol. The van der Waals surface area contributed by atoms with Crippen molar-refractivity contribution >= 4 is 0 Å². The molecule has 2 heteroatoms. The Balaban J connectivity index is 2.20. The smallest absolute Gasteiger partial charge is 0.0945 e. The average Bonchev–Trinajstić information content (AvgIpc) is 2.56. The number of nitrogens with zero attached hydrogens (tertiary/aromatic N) is 2. The summed E-state index contributed by atoms with van der Waals surface area (Å²) in [6.07, 6.45) is 11.0. The number of rotatable bonds is 6. The second-order valence-electron chi connectivity index (χ2n) is 4.82. The van der Waals surface area contributed by atoms with Crippen LogP contribution in [0.5, 0.6) is 0 Å². The van der Waals surface area contributed by atoms with E-state index in [9.17, 15) is 0 Å². The second kappa shape index (κ2) is 5.18. The third kappa shape index (κ3) is 3.95. The minimum atomic E-state index is 0.509. The molecule has 0 amide bonds. The summed E-state index contributed by atoms with van der Waals surface area (Å²) in [6.45, 7) is 8.10. The van der Waals surface area contributed by atoms with Crippen molar-refractivity contribution in [3.05, 3.63) is 18.7 Å². The van der Waals surface area contributed by atoms with Gasteiger partial charge in [0.2, 0.25) is 0 Å². The lowest BCUT2D eigenvalue weighted by Crippen LogP contribution is -2.11. The van der Waals surface area contributed by atoms with Crippen molar-refractivity contribution in [2.24, 2.45) is 5.41 Å². The van der Waals surface area contributed by atoms with E-state index < -0.39 is 0 Å². The highest BCUT2D eigenvalue weighted by atomic mass is 15.0. The molecular weight excluding hydrogens is 172 g/mol. The Hall–Kier alpha value is -0.790. The normalized spacial score (nSPS) is 11.9. The topological polar surface area (TPSA) is 17.8 Å². The van der Waals surface area contributed by atoms with Crippen molar-refractivity contribution in [3.63, 3.8) is 0 Å². The van der Waals surface area contributed by atoms with E-state index in [0.717, 1.165) is 6.54 Å². The summed E-state index contributed by atoms with van der Waals surface area (Å²) in [4.78, 5) is 4.04.